The molecule has 3 N–H and O–H groups in total. The SMILES string of the molecule is Cl.O=C1COc2ccc(C(=O)N[C@H]3CCCNC3)cc2N1. The molecule has 0 unspecified atom stereocenters. The first-order chi connectivity index (χ1) is 9.72. The molecule has 2 aliphatic heterocycles. The molecule has 6 nitrogen and oxygen atoms in total. The number of amides is 2. The van der Waals surface area contributed by atoms with E-state index >= 15 is 0 Å². The molecule has 0 aromatic heterocycles. The van der Waals surface area contributed by atoms with Gasteiger partial charge in [0.1, 0.15) is 5.75 Å². The van der Waals surface area contributed by atoms with Crippen LogP contribution in [0.4, 0.5) is 5.69 Å². The third-order valence-electron chi connectivity index (χ3n) is 3.51. The van der Waals surface area contributed by atoms with Gasteiger partial charge >= 0.3 is 0 Å². The van der Waals surface area contributed by atoms with Crippen LogP contribution in [0.3, 0.4) is 0 Å². The van der Waals surface area contributed by atoms with Crippen molar-refractivity contribution < 1.29 is 14.3 Å². The summed E-state index contributed by atoms with van der Waals surface area (Å²) in [5, 5.41) is 8.96. The molecule has 7 heteroatoms. The zero-order chi connectivity index (χ0) is 13.9. The Morgan fingerprint density at radius 3 is 3.00 bits per heavy atom. The molecule has 114 valence electrons. The standard InChI is InChI=1S/C14H17N3O3.ClH/c18-13-8-20-12-4-3-9(6-11(12)17-13)14(19)16-10-2-1-5-15-7-10;/h3-4,6,10,15H,1-2,5,7-8H2,(H,16,19)(H,17,18);1H/t10-;/m0./s1. The summed E-state index contributed by atoms with van der Waals surface area (Å²) in [6.07, 6.45) is 2.06. The molecule has 21 heavy (non-hydrogen) atoms. The highest BCUT2D eigenvalue weighted by Gasteiger charge is 2.20. The van der Waals surface area contributed by atoms with Gasteiger partial charge in [0, 0.05) is 18.2 Å². The summed E-state index contributed by atoms with van der Waals surface area (Å²) in [7, 11) is 0. The monoisotopic (exact) mass is 311 g/mol. The Hall–Kier alpha value is -1.79. The fourth-order valence-corrected chi connectivity index (χ4v) is 2.47. The lowest BCUT2D eigenvalue weighted by molar-refractivity contribution is -0.118. The lowest BCUT2D eigenvalue weighted by Crippen LogP contribution is -2.45. The number of fused-ring (bicyclic) bond motifs is 1. The predicted molar refractivity (Wildman–Crippen MR) is 81.2 cm³/mol. The number of rotatable bonds is 2. The van der Waals surface area contributed by atoms with E-state index in [9.17, 15) is 9.59 Å². The summed E-state index contributed by atoms with van der Waals surface area (Å²) in [5.74, 6) is 0.272. The van der Waals surface area contributed by atoms with E-state index in [0.717, 1.165) is 25.9 Å². The third kappa shape index (κ3) is 3.65. The van der Waals surface area contributed by atoms with Crippen LogP contribution < -0.4 is 20.7 Å². The van der Waals surface area contributed by atoms with Crippen LogP contribution in [-0.4, -0.2) is 37.6 Å². The van der Waals surface area contributed by atoms with Gasteiger partial charge in [-0.25, -0.2) is 0 Å². The van der Waals surface area contributed by atoms with Gasteiger partial charge in [0.25, 0.3) is 11.8 Å². The summed E-state index contributed by atoms with van der Waals surface area (Å²) in [6.45, 7) is 1.83. The molecule has 1 atom stereocenters. The maximum atomic E-state index is 12.2. The fourth-order valence-electron chi connectivity index (χ4n) is 2.47. The van der Waals surface area contributed by atoms with Gasteiger partial charge in [0.05, 0.1) is 5.69 Å². The summed E-state index contributed by atoms with van der Waals surface area (Å²) in [5.41, 5.74) is 1.08. The zero-order valence-corrected chi connectivity index (χ0v) is 12.3. The van der Waals surface area contributed by atoms with E-state index < -0.39 is 0 Å². The molecule has 2 amide bonds. The van der Waals surface area contributed by atoms with Crippen LogP contribution in [-0.2, 0) is 4.79 Å². The second kappa shape index (κ2) is 6.78. The minimum absolute atomic E-state index is 0. The van der Waals surface area contributed by atoms with E-state index in [0.29, 0.717) is 17.0 Å². The number of carbonyl (C=O) groups is 2. The number of ether oxygens (including phenoxy) is 1. The van der Waals surface area contributed by atoms with Crippen molar-refractivity contribution in [1.29, 1.82) is 0 Å². The molecule has 0 saturated carbocycles. The number of carbonyl (C=O) groups excluding carboxylic acids is 2. The Morgan fingerprint density at radius 2 is 2.24 bits per heavy atom. The van der Waals surface area contributed by atoms with Crippen LogP contribution in [0.1, 0.15) is 23.2 Å². The van der Waals surface area contributed by atoms with Crippen molar-refractivity contribution in [3.8, 4) is 5.75 Å². The van der Waals surface area contributed by atoms with Gasteiger partial charge in [-0.1, -0.05) is 0 Å². The lowest BCUT2D eigenvalue weighted by Gasteiger charge is -2.24. The fraction of sp³-hybridized carbons (Fsp3) is 0.429. The third-order valence-corrected chi connectivity index (χ3v) is 3.51. The molecule has 0 aliphatic carbocycles. The summed E-state index contributed by atoms with van der Waals surface area (Å²) < 4.78 is 5.27. The van der Waals surface area contributed by atoms with Crippen molar-refractivity contribution in [2.45, 2.75) is 18.9 Å². The van der Waals surface area contributed by atoms with E-state index in [1.807, 2.05) is 0 Å². The topological polar surface area (TPSA) is 79.5 Å². The molecule has 2 heterocycles. The number of nitrogens with one attached hydrogen (secondary N) is 3. The van der Waals surface area contributed by atoms with Gasteiger partial charge in [-0.05, 0) is 37.6 Å². The number of halogens is 1. The van der Waals surface area contributed by atoms with Crippen molar-refractivity contribution >= 4 is 29.9 Å². The van der Waals surface area contributed by atoms with Gasteiger partial charge < -0.3 is 20.7 Å². The zero-order valence-electron chi connectivity index (χ0n) is 11.5. The second-order valence-electron chi connectivity index (χ2n) is 5.06. The van der Waals surface area contributed by atoms with Gasteiger partial charge in [-0.3, -0.25) is 9.59 Å². The molecule has 1 saturated heterocycles. The van der Waals surface area contributed by atoms with Gasteiger partial charge in [0.15, 0.2) is 6.61 Å². The largest absolute Gasteiger partial charge is 0.482 e. The molecular weight excluding hydrogens is 294 g/mol. The first kappa shape index (κ1) is 15.6. The Morgan fingerprint density at radius 1 is 1.38 bits per heavy atom. The predicted octanol–water partition coefficient (Wildman–Crippen LogP) is 0.921. The lowest BCUT2D eigenvalue weighted by atomic mass is 10.1. The quantitative estimate of drug-likeness (QED) is 0.759. The van der Waals surface area contributed by atoms with Crippen molar-refractivity contribution in [3.63, 3.8) is 0 Å². The Labute approximate surface area is 129 Å². The highest BCUT2D eigenvalue weighted by atomic mass is 35.5. The molecule has 1 fully saturated rings. The van der Waals surface area contributed by atoms with Crippen LogP contribution in [0.25, 0.3) is 0 Å². The first-order valence-corrected chi connectivity index (χ1v) is 6.80. The summed E-state index contributed by atoms with van der Waals surface area (Å²) in [6, 6.07) is 5.24. The molecule has 1 aromatic rings. The van der Waals surface area contributed by atoms with Gasteiger partial charge in [0.2, 0.25) is 0 Å². The van der Waals surface area contributed by atoms with Crippen molar-refractivity contribution in [1.82, 2.24) is 10.6 Å². The number of benzene rings is 1. The Balaban J connectivity index is 0.00000161. The average molecular weight is 312 g/mol. The highest BCUT2D eigenvalue weighted by Crippen LogP contribution is 2.28. The molecule has 0 bridgehead atoms. The van der Waals surface area contributed by atoms with E-state index in [2.05, 4.69) is 16.0 Å². The van der Waals surface area contributed by atoms with Gasteiger partial charge in [-0.15, -0.1) is 12.4 Å². The average Bonchev–Trinajstić information content (AvgIpc) is 2.47. The number of hydrogen-bond donors (Lipinski definition) is 3. The van der Waals surface area contributed by atoms with Crippen molar-refractivity contribution in [3.05, 3.63) is 23.8 Å². The highest BCUT2D eigenvalue weighted by molar-refractivity contribution is 5.99. The first-order valence-electron chi connectivity index (χ1n) is 6.80. The Kier molecular flexibility index (Phi) is 5.03. The van der Waals surface area contributed by atoms with E-state index in [1.54, 1.807) is 18.2 Å². The normalized spacial score (nSPS) is 20.4. The number of piperidine rings is 1. The number of hydrogen-bond acceptors (Lipinski definition) is 4. The molecule has 0 radical (unpaired) electrons. The van der Waals surface area contributed by atoms with Gasteiger partial charge in [-0.2, -0.15) is 0 Å². The molecule has 3 rings (SSSR count). The van der Waals surface area contributed by atoms with Crippen LogP contribution in [0, 0.1) is 0 Å². The molecular formula is C14H18ClN3O3. The maximum absolute atomic E-state index is 12.2. The Bertz CT molecular complexity index is 544. The van der Waals surface area contributed by atoms with Crippen LogP contribution in [0.15, 0.2) is 18.2 Å². The van der Waals surface area contributed by atoms with Crippen molar-refractivity contribution in [2.75, 3.05) is 25.0 Å². The summed E-state index contributed by atoms with van der Waals surface area (Å²) >= 11 is 0. The number of anilines is 1. The maximum Gasteiger partial charge on any atom is 0.262 e. The molecule has 0 spiro atoms. The van der Waals surface area contributed by atoms with E-state index in [-0.39, 0.29) is 36.9 Å². The van der Waals surface area contributed by atoms with Crippen LogP contribution in [0.5, 0.6) is 5.75 Å². The minimum Gasteiger partial charge on any atom is -0.482 e. The van der Waals surface area contributed by atoms with E-state index in [1.165, 1.54) is 0 Å². The smallest absolute Gasteiger partial charge is 0.262 e. The van der Waals surface area contributed by atoms with Crippen LogP contribution >= 0.6 is 12.4 Å². The van der Waals surface area contributed by atoms with E-state index in [4.69, 9.17) is 4.74 Å². The van der Waals surface area contributed by atoms with Crippen molar-refractivity contribution in [2.24, 2.45) is 0 Å². The second-order valence-corrected chi connectivity index (χ2v) is 5.06. The minimum atomic E-state index is -0.202. The van der Waals surface area contributed by atoms with Crippen LogP contribution in [0.2, 0.25) is 0 Å². The summed E-state index contributed by atoms with van der Waals surface area (Å²) in [4.78, 5) is 23.5. The molecule has 2 aliphatic rings. The molecule has 1 aromatic carbocycles.